The minimum Gasteiger partial charge on any atom is -0.329 e. The summed E-state index contributed by atoms with van der Waals surface area (Å²) in [5.41, 5.74) is 6.73. The van der Waals surface area contributed by atoms with Crippen molar-refractivity contribution in [2.45, 2.75) is 32.9 Å². The van der Waals surface area contributed by atoms with Crippen LogP contribution in [0.5, 0.6) is 0 Å². The summed E-state index contributed by atoms with van der Waals surface area (Å²) in [5.74, 6) is 0.449. The van der Waals surface area contributed by atoms with E-state index in [0.717, 1.165) is 5.56 Å². The molecule has 0 saturated heterocycles. The van der Waals surface area contributed by atoms with Gasteiger partial charge in [-0.05, 0) is 24.5 Å². The van der Waals surface area contributed by atoms with E-state index in [9.17, 15) is 0 Å². The minimum atomic E-state index is -0.0916. The van der Waals surface area contributed by atoms with Gasteiger partial charge in [0, 0.05) is 18.6 Å². The molecule has 0 spiro atoms. The number of rotatable bonds is 5. The fraction of sp³-hybridized carbons (Fsp3) is 0.538. The Balaban J connectivity index is 2.76. The summed E-state index contributed by atoms with van der Waals surface area (Å²) >= 11 is 12.1. The molecule has 1 atom stereocenters. The van der Waals surface area contributed by atoms with Crippen LogP contribution in [-0.4, -0.2) is 12.1 Å². The topological polar surface area (TPSA) is 38.0 Å². The zero-order valence-electron chi connectivity index (χ0n) is 10.6. The summed E-state index contributed by atoms with van der Waals surface area (Å²) in [6, 6.07) is 5.66. The van der Waals surface area contributed by atoms with Crippen molar-refractivity contribution in [1.82, 2.24) is 5.32 Å². The van der Waals surface area contributed by atoms with Crippen LogP contribution in [0.3, 0.4) is 0 Å². The standard InChI is InChI=1S/C13H20Cl2N2/c1-9(2)13(3,8-16)17-7-10-5-4-6-11(14)12(10)15/h4-6,9,17H,7-8,16H2,1-3H3. The van der Waals surface area contributed by atoms with Crippen LogP contribution >= 0.6 is 23.2 Å². The van der Waals surface area contributed by atoms with Gasteiger partial charge in [0.25, 0.3) is 0 Å². The van der Waals surface area contributed by atoms with Crippen LogP contribution in [0.25, 0.3) is 0 Å². The Morgan fingerprint density at radius 1 is 1.35 bits per heavy atom. The van der Waals surface area contributed by atoms with Gasteiger partial charge in [-0.25, -0.2) is 0 Å². The van der Waals surface area contributed by atoms with E-state index in [0.29, 0.717) is 29.1 Å². The molecule has 1 unspecified atom stereocenters. The second-order valence-corrected chi connectivity index (χ2v) is 5.63. The largest absolute Gasteiger partial charge is 0.329 e. The Morgan fingerprint density at radius 3 is 2.53 bits per heavy atom. The van der Waals surface area contributed by atoms with Crippen LogP contribution < -0.4 is 11.1 Å². The van der Waals surface area contributed by atoms with Crippen LogP contribution in [0.15, 0.2) is 18.2 Å². The van der Waals surface area contributed by atoms with Crippen molar-refractivity contribution in [3.8, 4) is 0 Å². The maximum absolute atomic E-state index is 6.14. The van der Waals surface area contributed by atoms with Crippen molar-refractivity contribution in [1.29, 1.82) is 0 Å². The monoisotopic (exact) mass is 274 g/mol. The number of halogens is 2. The van der Waals surface area contributed by atoms with Crippen LogP contribution in [0.1, 0.15) is 26.3 Å². The first kappa shape index (κ1) is 14.8. The minimum absolute atomic E-state index is 0.0916. The number of nitrogens with two attached hydrogens (primary N) is 1. The highest BCUT2D eigenvalue weighted by molar-refractivity contribution is 6.42. The van der Waals surface area contributed by atoms with Crippen molar-refractivity contribution < 1.29 is 0 Å². The molecule has 0 amide bonds. The molecule has 1 rings (SSSR count). The fourth-order valence-electron chi connectivity index (χ4n) is 1.49. The number of hydrogen-bond donors (Lipinski definition) is 2. The second-order valence-electron chi connectivity index (χ2n) is 4.84. The van der Waals surface area contributed by atoms with Gasteiger partial charge < -0.3 is 11.1 Å². The number of benzene rings is 1. The van der Waals surface area contributed by atoms with E-state index in [1.807, 2.05) is 12.1 Å². The van der Waals surface area contributed by atoms with Crippen molar-refractivity contribution in [2.24, 2.45) is 11.7 Å². The molecule has 0 radical (unpaired) electrons. The van der Waals surface area contributed by atoms with Crippen molar-refractivity contribution >= 4 is 23.2 Å². The zero-order chi connectivity index (χ0) is 13.1. The molecule has 0 aliphatic rings. The molecule has 1 aromatic rings. The predicted octanol–water partition coefficient (Wildman–Crippen LogP) is 3.46. The summed E-state index contributed by atoms with van der Waals surface area (Å²) in [4.78, 5) is 0. The molecule has 1 aromatic carbocycles. The van der Waals surface area contributed by atoms with Crippen molar-refractivity contribution in [2.75, 3.05) is 6.54 Å². The van der Waals surface area contributed by atoms with Gasteiger partial charge in [-0.1, -0.05) is 49.2 Å². The van der Waals surface area contributed by atoms with Gasteiger partial charge in [0.1, 0.15) is 0 Å². The number of hydrogen-bond acceptors (Lipinski definition) is 2. The molecule has 3 N–H and O–H groups in total. The lowest BCUT2D eigenvalue weighted by atomic mass is 9.88. The lowest BCUT2D eigenvalue weighted by Gasteiger charge is -2.34. The van der Waals surface area contributed by atoms with E-state index in [2.05, 4.69) is 26.1 Å². The highest BCUT2D eigenvalue weighted by Gasteiger charge is 2.25. The second kappa shape index (κ2) is 6.05. The third-order valence-corrected chi connectivity index (χ3v) is 4.27. The fourth-order valence-corrected chi connectivity index (χ4v) is 1.88. The first-order valence-corrected chi connectivity index (χ1v) is 6.54. The normalized spacial score (nSPS) is 15.0. The zero-order valence-corrected chi connectivity index (χ0v) is 12.1. The molecular weight excluding hydrogens is 255 g/mol. The Kier molecular flexibility index (Phi) is 5.26. The molecule has 17 heavy (non-hydrogen) atoms. The summed E-state index contributed by atoms with van der Waals surface area (Å²) in [6.07, 6.45) is 0. The SMILES string of the molecule is CC(C)C(C)(CN)NCc1cccc(Cl)c1Cl. The van der Waals surface area contributed by atoms with Crippen LogP contribution in [0, 0.1) is 5.92 Å². The van der Waals surface area contributed by atoms with E-state index < -0.39 is 0 Å². The summed E-state index contributed by atoms with van der Waals surface area (Å²) in [7, 11) is 0. The highest BCUT2D eigenvalue weighted by atomic mass is 35.5. The molecule has 96 valence electrons. The maximum Gasteiger partial charge on any atom is 0.0637 e. The average molecular weight is 275 g/mol. The first-order chi connectivity index (χ1) is 7.90. The first-order valence-electron chi connectivity index (χ1n) is 5.78. The molecule has 0 saturated carbocycles. The van der Waals surface area contributed by atoms with Crippen molar-refractivity contribution in [3.63, 3.8) is 0 Å². The molecular formula is C13H20Cl2N2. The van der Waals surface area contributed by atoms with E-state index >= 15 is 0 Å². The molecule has 0 aliphatic heterocycles. The summed E-state index contributed by atoms with van der Waals surface area (Å²) < 4.78 is 0. The van der Waals surface area contributed by atoms with Gasteiger partial charge in [0.05, 0.1) is 10.0 Å². The van der Waals surface area contributed by atoms with Gasteiger partial charge in [-0.2, -0.15) is 0 Å². The Hall–Kier alpha value is -0.280. The highest BCUT2D eigenvalue weighted by Crippen LogP contribution is 2.26. The Labute approximate surface area is 113 Å². The Morgan fingerprint density at radius 2 is 2.00 bits per heavy atom. The van der Waals surface area contributed by atoms with Crippen LogP contribution in [0.4, 0.5) is 0 Å². The molecule has 0 fully saturated rings. The van der Waals surface area contributed by atoms with Gasteiger partial charge in [0.2, 0.25) is 0 Å². The molecule has 0 heterocycles. The van der Waals surface area contributed by atoms with E-state index in [4.69, 9.17) is 28.9 Å². The Bertz CT molecular complexity index is 380. The van der Waals surface area contributed by atoms with E-state index in [-0.39, 0.29) is 5.54 Å². The van der Waals surface area contributed by atoms with Gasteiger partial charge >= 0.3 is 0 Å². The molecule has 4 heteroatoms. The maximum atomic E-state index is 6.14. The van der Waals surface area contributed by atoms with Gasteiger partial charge in [-0.3, -0.25) is 0 Å². The van der Waals surface area contributed by atoms with Crippen molar-refractivity contribution in [3.05, 3.63) is 33.8 Å². The smallest absolute Gasteiger partial charge is 0.0637 e. The lowest BCUT2D eigenvalue weighted by molar-refractivity contribution is 0.267. The third-order valence-electron chi connectivity index (χ3n) is 3.41. The number of nitrogens with one attached hydrogen (secondary N) is 1. The molecule has 2 nitrogen and oxygen atoms in total. The summed E-state index contributed by atoms with van der Waals surface area (Å²) in [6.45, 7) is 7.68. The van der Waals surface area contributed by atoms with Gasteiger partial charge in [0.15, 0.2) is 0 Å². The van der Waals surface area contributed by atoms with Crippen LogP contribution in [0.2, 0.25) is 10.0 Å². The van der Waals surface area contributed by atoms with Gasteiger partial charge in [-0.15, -0.1) is 0 Å². The van der Waals surface area contributed by atoms with E-state index in [1.54, 1.807) is 6.07 Å². The van der Waals surface area contributed by atoms with Crippen LogP contribution in [-0.2, 0) is 6.54 Å². The average Bonchev–Trinajstić information content (AvgIpc) is 2.30. The molecule has 0 aromatic heterocycles. The molecule has 0 aliphatic carbocycles. The summed E-state index contributed by atoms with van der Waals surface area (Å²) in [5, 5.41) is 4.66. The lowest BCUT2D eigenvalue weighted by Crippen LogP contribution is -2.52. The third kappa shape index (κ3) is 3.59. The van der Waals surface area contributed by atoms with E-state index in [1.165, 1.54) is 0 Å². The molecule has 0 bridgehead atoms. The quantitative estimate of drug-likeness (QED) is 0.863. The predicted molar refractivity (Wildman–Crippen MR) is 75.6 cm³/mol.